The second-order valence-electron chi connectivity index (χ2n) is 4.61. The van der Waals surface area contributed by atoms with Crippen LogP contribution in [-0.2, 0) is 0 Å². The number of H-pyrrole nitrogens is 1. The maximum atomic E-state index is 6.36. The van der Waals surface area contributed by atoms with Gasteiger partial charge in [-0.05, 0) is 12.8 Å². The van der Waals surface area contributed by atoms with Crippen molar-refractivity contribution in [3.63, 3.8) is 0 Å². The molecule has 1 unspecified atom stereocenters. The van der Waals surface area contributed by atoms with Gasteiger partial charge in [0.25, 0.3) is 0 Å². The summed E-state index contributed by atoms with van der Waals surface area (Å²) in [6, 6.07) is 10.1. The molecule has 0 bridgehead atoms. The van der Waals surface area contributed by atoms with Crippen LogP contribution in [0.25, 0.3) is 11.4 Å². The molecule has 0 spiro atoms. The fourth-order valence-corrected chi connectivity index (χ4v) is 2.00. The van der Waals surface area contributed by atoms with Gasteiger partial charge in [0, 0.05) is 11.3 Å². The third-order valence-electron chi connectivity index (χ3n) is 2.82. The Morgan fingerprint density at radius 1 is 1.17 bits per heavy atom. The van der Waals surface area contributed by atoms with Crippen molar-refractivity contribution in [1.29, 1.82) is 0 Å². The Bertz CT molecular complexity index is 492. The van der Waals surface area contributed by atoms with Gasteiger partial charge in [-0.1, -0.05) is 44.2 Å². The lowest BCUT2D eigenvalue weighted by Crippen LogP contribution is -2.01. The van der Waals surface area contributed by atoms with E-state index in [2.05, 4.69) is 23.8 Å². The molecule has 2 rings (SSSR count). The highest BCUT2D eigenvalue weighted by Gasteiger charge is 2.19. The van der Waals surface area contributed by atoms with Crippen molar-refractivity contribution in [1.82, 2.24) is 9.97 Å². The van der Waals surface area contributed by atoms with Crippen LogP contribution in [0.5, 0.6) is 0 Å². The normalized spacial score (nSPS) is 12.3. The van der Waals surface area contributed by atoms with Crippen molar-refractivity contribution in [3.05, 3.63) is 41.7 Å². The topological polar surface area (TPSA) is 28.7 Å². The number of nitrogens with one attached hydrogen (secondary N) is 1. The number of rotatable bonds is 3. The predicted octanol–water partition coefficient (Wildman–Crippen LogP) is 4.74. The molecular weight excluding hydrogens is 267 g/mol. The lowest BCUT2D eigenvalue weighted by Gasteiger charge is -2.10. The van der Waals surface area contributed by atoms with E-state index in [1.165, 1.54) is 0 Å². The van der Waals surface area contributed by atoms with Gasteiger partial charge in [-0.3, -0.25) is 0 Å². The molecule has 2 nitrogen and oxygen atoms in total. The van der Waals surface area contributed by atoms with Gasteiger partial charge in [0.05, 0.1) is 11.1 Å². The number of benzene rings is 1. The quantitative estimate of drug-likeness (QED) is 0.810. The van der Waals surface area contributed by atoms with Crippen molar-refractivity contribution in [2.24, 2.45) is 5.92 Å². The lowest BCUT2D eigenvalue weighted by atomic mass is 10.1. The zero-order valence-corrected chi connectivity index (χ0v) is 12.3. The monoisotopic (exact) mass is 284 g/mol. The molecule has 0 amide bonds. The second kappa shape index (κ2) is 6.26. The highest BCUT2D eigenvalue weighted by molar-refractivity contribution is 6.20. The Balaban J connectivity index is 0.00000162. The Morgan fingerprint density at radius 2 is 1.78 bits per heavy atom. The Labute approximate surface area is 119 Å². The summed E-state index contributed by atoms with van der Waals surface area (Å²) in [6.07, 6.45) is 0. The third kappa shape index (κ3) is 3.06. The Kier molecular flexibility index (Phi) is 5.24. The first-order chi connectivity index (χ1) is 8.09. The second-order valence-corrected chi connectivity index (χ2v) is 5.08. The number of aromatic nitrogens is 2. The SMILES string of the molecule is Cc1[nH]c(-c2ccccc2)nc1C(Cl)C(C)C.Cl. The summed E-state index contributed by atoms with van der Waals surface area (Å²) in [6.45, 7) is 6.23. The number of aryl methyl sites for hydroxylation is 1. The average molecular weight is 285 g/mol. The summed E-state index contributed by atoms with van der Waals surface area (Å²) in [7, 11) is 0. The van der Waals surface area contributed by atoms with Crippen molar-refractivity contribution >= 4 is 24.0 Å². The summed E-state index contributed by atoms with van der Waals surface area (Å²) < 4.78 is 0. The molecule has 0 fully saturated rings. The first-order valence-electron chi connectivity index (χ1n) is 5.85. The minimum Gasteiger partial charge on any atom is -0.342 e. The van der Waals surface area contributed by atoms with E-state index in [1.54, 1.807) is 0 Å². The van der Waals surface area contributed by atoms with Crippen LogP contribution < -0.4 is 0 Å². The van der Waals surface area contributed by atoms with E-state index in [1.807, 2.05) is 37.3 Å². The molecular formula is C14H18Cl2N2. The number of nitrogens with zero attached hydrogens (tertiary/aromatic N) is 1. The molecule has 0 aliphatic carbocycles. The fraction of sp³-hybridized carbons (Fsp3) is 0.357. The van der Waals surface area contributed by atoms with Crippen LogP contribution in [0.4, 0.5) is 0 Å². The summed E-state index contributed by atoms with van der Waals surface area (Å²) in [4.78, 5) is 7.91. The molecule has 0 saturated heterocycles. The predicted molar refractivity (Wildman–Crippen MR) is 79.4 cm³/mol. The van der Waals surface area contributed by atoms with Crippen LogP contribution in [0.2, 0.25) is 0 Å². The molecule has 0 radical (unpaired) electrons. The third-order valence-corrected chi connectivity index (χ3v) is 3.53. The van der Waals surface area contributed by atoms with Gasteiger partial charge < -0.3 is 4.98 Å². The van der Waals surface area contributed by atoms with Crippen molar-refractivity contribution in [3.8, 4) is 11.4 Å². The zero-order valence-electron chi connectivity index (χ0n) is 10.8. The first-order valence-corrected chi connectivity index (χ1v) is 6.29. The molecule has 2 aromatic rings. The highest BCUT2D eigenvalue weighted by Crippen LogP contribution is 2.31. The molecule has 0 saturated carbocycles. The smallest absolute Gasteiger partial charge is 0.137 e. The van der Waals surface area contributed by atoms with Crippen molar-refractivity contribution in [2.75, 3.05) is 0 Å². The van der Waals surface area contributed by atoms with Gasteiger partial charge in [-0.25, -0.2) is 4.98 Å². The van der Waals surface area contributed by atoms with Crippen molar-refractivity contribution < 1.29 is 0 Å². The molecule has 1 N–H and O–H groups in total. The fourth-order valence-electron chi connectivity index (χ4n) is 1.79. The van der Waals surface area contributed by atoms with Crippen molar-refractivity contribution in [2.45, 2.75) is 26.1 Å². The van der Waals surface area contributed by atoms with Gasteiger partial charge >= 0.3 is 0 Å². The Morgan fingerprint density at radius 3 is 2.33 bits per heavy atom. The van der Waals surface area contributed by atoms with Crippen LogP contribution in [0.1, 0.15) is 30.6 Å². The number of imidazole rings is 1. The molecule has 1 aromatic heterocycles. The molecule has 1 aromatic carbocycles. The van der Waals surface area contributed by atoms with Crippen LogP contribution in [-0.4, -0.2) is 9.97 Å². The summed E-state index contributed by atoms with van der Waals surface area (Å²) in [5.74, 6) is 1.27. The minimum absolute atomic E-state index is 0. The van der Waals surface area contributed by atoms with E-state index < -0.39 is 0 Å². The van der Waals surface area contributed by atoms with E-state index in [0.717, 1.165) is 22.8 Å². The van der Waals surface area contributed by atoms with Gasteiger partial charge in [0.2, 0.25) is 0 Å². The van der Waals surface area contributed by atoms with Crippen LogP contribution in [0, 0.1) is 12.8 Å². The number of aromatic amines is 1. The first kappa shape index (κ1) is 15.1. The van der Waals surface area contributed by atoms with Gasteiger partial charge in [-0.2, -0.15) is 0 Å². The highest BCUT2D eigenvalue weighted by atomic mass is 35.5. The summed E-state index contributed by atoms with van der Waals surface area (Å²) in [5, 5.41) is -0.0382. The van der Waals surface area contributed by atoms with Gasteiger partial charge in [-0.15, -0.1) is 24.0 Å². The van der Waals surface area contributed by atoms with E-state index in [9.17, 15) is 0 Å². The molecule has 0 aliphatic rings. The van der Waals surface area contributed by atoms with E-state index in [4.69, 9.17) is 11.6 Å². The van der Waals surface area contributed by atoms with Gasteiger partial charge in [0.1, 0.15) is 5.82 Å². The molecule has 18 heavy (non-hydrogen) atoms. The molecule has 98 valence electrons. The zero-order chi connectivity index (χ0) is 12.4. The lowest BCUT2D eigenvalue weighted by molar-refractivity contribution is 0.612. The minimum atomic E-state index is -0.0382. The maximum Gasteiger partial charge on any atom is 0.137 e. The van der Waals surface area contributed by atoms with Crippen LogP contribution >= 0.6 is 24.0 Å². The van der Waals surface area contributed by atoms with Gasteiger partial charge in [0.15, 0.2) is 0 Å². The van der Waals surface area contributed by atoms with Crippen LogP contribution in [0.15, 0.2) is 30.3 Å². The largest absolute Gasteiger partial charge is 0.342 e. The Hall–Kier alpha value is -0.990. The summed E-state index contributed by atoms with van der Waals surface area (Å²) >= 11 is 6.36. The van der Waals surface area contributed by atoms with E-state index in [0.29, 0.717) is 5.92 Å². The average Bonchev–Trinajstić information content (AvgIpc) is 2.71. The standard InChI is InChI=1S/C14H17ClN2.ClH/c1-9(2)12(15)13-10(3)16-14(17-13)11-7-5-4-6-8-11;/h4-9,12H,1-3H3,(H,16,17);1H. The number of hydrogen-bond acceptors (Lipinski definition) is 1. The number of alkyl halides is 1. The van der Waals surface area contributed by atoms with Crippen LogP contribution in [0.3, 0.4) is 0 Å². The van der Waals surface area contributed by atoms with E-state index in [-0.39, 0.29) is 17.8 Å². The molecule has 1 atom stereocenters. The number of halogens is 2. The summed E-state index contributed by atoms with van der Waals surface area (Å²) in [5.41, 5.74) is 3.10. The molecule has 1 heterocycles. The molecule has 4 heteroatoms. The number of hydrogen-bond donors (Lipinski definition) is 1. The molecule has 0 aliphatic heterocycles. The maximum absolute atomic E-state index is 6.36. The van der Waals surface area contributed by atoms with E-state index >= 15 is 0 Å².